The Morgan fingerprint density at radius 3 is 2.96 bits per heavy atom. The van der Waals surface area contributed by atoms with Crippen LogP contribution in [0.4, 0.5) is 4.39 Å². The summed E-state index contributed by atoms with van der Waals surface area (Å²) in [4.78, 5) is 26.3. The molecule has 2 N–H and O–H groups in total. The zero-order valence-corrected chi connectivity index (χ0v) is 13.2. The van der Waals surface area contributed by atoms with Gasteiger partial charge in [0.05, 0.1) is 0 Å². The van der Waals surface area contributed by atoms with E-state index in [1.165, 1.54) is 12.1 Å². The van der Waals surface area contributed by atoms with E-state index in [1.54, 1.807) is 11.0 Å². The fourth-order valence-electron chi connectivity index (χ4n) is 3.40. The maximum absolute atomic E-state index is 13.2. The molecule has 2 amide bonds. The van der Waals surface area contributed by atoms with Gasteiger partial charge >= 0.3 is 0 Å². The zero-order chi connectivity index (χ0) is 16.4. The Balaban J connectivity index is 1.61. The van der Waals surface area contributed by atoms with Crippen LogP contribution < -0.4 is 10.6 Å². The molecule has 2 saturated heterocycles. The van der Waals surface area contributed by atoms with Gasteiger partial charge in [0.2, 0.25) is 11.8 Å². The minimum Gasteiger partial charge on any atom is -0.343 e. The summed E-state index contributed by atoms with van der Waals surface area (Å²) in [6.45, 7) is 3.06. The van der Waals surface area contributed by atoms with E-state index < -0.39 is 0 Å². The monoisotopic (exact) mass is 319 g/mol. The van der Waals surface area contributed by atoms with Crippen LogP contribution in [0.2, 0.25) is 0 Å². The second-order valence-electron chi connectivity index (χ2n) is 6.30. The highest BCUT2D eigenvalue weighted by atomic mass is 19.1. The number of rotatable bonds is 5. The van der Waals surface area contributed by atoms with Gasteiger partial charge in [0.1, 0.15) is 17.9 Å². The van der Waals surface area contributed by atoms with Crippen LogP contribution >= 0.6 is 0 Å². The van der Waals surface area contributed by atoms with Gasteiger partial charge in [-0.2, -0.15) is 0 Å². The highest BCUT2D eigenvalue weighted by Crippen LogP contribution is 2.24. The summed E-state index contributed by atoms with van der Waals surface area (Å²) in [5.74, 6) is -0.297. The van der Waals surface area contributed by atoms with E-state index in [-0.39, 0.29) is 35.8 Å². The van der Waals surface area contributed by atoms with Gasteiger partial charge in [-0.15, -0.1) is 0 Å². The average molecular weight is 319 g/mol. The van der Waals surface area contributed by atoms with E-state index in [9.17, 15) is 14.0 Å². The zero-order valence-electron chi connectivity index (χ0n) is 13.2. The molecule has 0 bridgehead atoms. The van der Waals surface area contributed by atoms with Gasteiger partial charge in [-0.25, -0.2) is 4.39 Å². The number of hydrogen-bond donors (Lipinski definition) is 2. The Bertz CT molecular complexity index is 607. The van der Waals surface area contributed by atoms with Crippen LogP contribution in [0.25, 0.3) is 0 Å². The van der Waals surface area contributed by atoms with Gasteiger partial charge < -0.3 is 15.5 Å². The van der Waals surface area contributed by atoms with Crippen molar-refractivity contribution in [3.8, 4) is 0 Å². The maximum atomic E-state index is 13.2. The minimum atomic E-state index is -0.384. The molecule has 6 heteroatoms. The van der Waals surface area contributed by atoms with Crippen molar-refractivity contribution in [3.05, 3.63) is 35.6 Å². The highest BCUT2D eigenvalue weighted by Gasteiger charge is 2.45. The lowest BCUT2D eigenvalue weighted by Gasteiger charge is -2.34. The standard InChI is InChI=1S/C17H22FN3O2/c1-2-4-14-17(23)21-10-13(8-15(21)16(22)20-14)19-9-11-5-3-6-12(18)7-11/h3,5-7,13-15,19H,2,4,8-10H2,1H3,(H,20,22)/t13-,14-,15-/m0/s1. The Morgan fingerprint density at radius 1 is 1.39 bits per heavy atom. The third kappa shape index (κ3) is 3.37. The molecule has 0 saturated carbocycles. The SMILES string of the molecule is CCC[C@@H]1NC(=O)[C@@H]2C[C@H](NCc3cccc(F)c3)CN2C1=O. The van der Waals surface area contributed by atoms with Crippen molar-refractivity contribution in [1.82, 2.24) is 15.5 Å². The van der Waals surface area contributed by atoms with E-state index in [1.807, 2.05) is 13.0 Å². The smallest absolute Gasteiger partial charge is 0.245 e. The minimum absolute atomic E-state index is 0.0199. The van der Waals surface area contributed by atoms with Crippen LogP contribution in [0.15, 0.2) is 24.3 Å². The van der Waals surface area contributed by atoms with Crippen molar-refractivity contribution in [2.45, 2.75) is 50.9 Å². The molecule has 1 aromatic rings. The van der Waals surface area contributed by atoms with E-state index in [0.717, 1.165) is 12.0 Å². The summed E-state index contributed by atoms with van der Waals surface area (Å²) < 4.78 is 13.2. The molecular weight excluding hydrogens is 297 g/mol. The lowest BCUT2D eigenvalue weighted by molar-refractivity contribution is -0.147. The Morgan fingerprint density at radius 2 is 2.22 bits per heavy atom. The number of fused-ring (bicyclic) bond motifs is 1. The molecule has 23 heavy (non-hydrogen) atoms. The third-order valence-electron chi connectivity index (χ3n) is 4.56. The third-order valence-corrected chi connectivity index (χ3v) is 4.56. The van der Waals surface area contributed by atoms with Crippen molar-refractivity contribution < 1.29 is 14.0 Å². The maximum Gasteiger partial charge on any atom is 0.245 e. The second kappa shape index (κ2) is 6.66. The first-order valence-electron chi connectivity index (χ1n) is 8.17. The molecule has 2 aliphatic heterocycles. The molecule has 0 spiro atoms. The summed E-state index contributed by atoms with van der Waals surface area (Å²) in [5, 5.41) is 6.16. The molecule has 0 aromatic heterocycles. The number of nitrogens with zero attached hydrogens (tertiary/aromatic N) is 1. The molecule has 2 aliphatic rings. The molecule has 3 atom stereocenters. The van der Waals surface area contributed by atoms with Crippen molar-refractivity contribution in [2.75, 3.05) is 6.54 Å². The van der Waals surface area contributed by atoms with Crippen LogP contribution in [-0.4, -0.2) is 41.4 Å². The van der Waals surface area contributed by atoms with Crippen LogP contribution in [0.5, 0.6) is 0 Å². The number of piperazine rings is 1. The molecule has 0 radical (unpaired) electrons. The number of carbonyl (C=O) groups excluding carboxylic acids is 2. The average Bonchev–Trinajstić information content (AvgIpc) is 2.96. The number of carbonyl (C=O) groups is 2. The lowest BCUT2D eigenvalue weighted by atomic mass is 10.0. The topological polar surface area (TPSA) is 61.4 Å². The van der Waals surface area contributed by atoms with Gasteiger partial charge in [-0.1, -0.05) is 25.5 Å². The summed E-state index contributed by atoms with van der Waals surface area (Å²) in [6, 6.07) is 5.73. The van der Waals surface area contributed by atoms with Crippen molar-refractivity contribution >= 4 is 11.8 Å². The first kappa shape index (κ1) is 15.9. The van der Waals surface area contributed by atoms with E-state index in [0.29, 0.717) is 25.9 Å². The predicted octanol–water partition coefficient (Wildman–Crippen LogP) is 1.18. The molecule has 3 rings (SSSR count). The predicted molar refractivity (Wildman–Crippen MR) is 84.0 cm³/mol. The largest absolute Gasteiger partial charge is 0.343 e. The molecular formula is C17H22FN3O2. The molecule has 124 valence electrons. The number of amides is 2. The first-order chi connectivity index (χ1) is 11.1. The van der Waals surface area contributed by atoms with Crippen molar-refractivity contribution in [2.24, 2.45) is 0 Å². The fourth-order valence-corrected chi connectivity index (χ4v) is 3.40. The number of halogens is 1. The fraction of sp³-hybridized carbons (Fsp3) is 0.529. The van der Waals surface area contributed by atoms with Crippen LogP contribution in [-0.2, 0) is 16.1 Å². The summed E-state index contributed by atoms with van der Waals surface area (Å²) in [6.07, 6.45) is 2.14. The Hall–Kier alpha value is -1.95. The van der Waals surface area contributed by atoms with Gasteiger partial charge in [-0.05, 0) is 30.5 Å². The molecule has 5 nitrogen and oxygen atoms in total. The summed E-state index contributed by atoms with van der Waals surface area (Å²) in [5.41, 5.74) is 0.856. The van der Waals surface area contributed by atoms with Crippen LogP contribution in [0.1, 0.15) is 31.7 Å². The number of benzene rings is 1. The van der Waals surface area contributed by atoms with Gasteiger partial charge in [0, 0.05) is 19.1 Å². The van der Waals surface area contributed by atoms with E-state index in [4.69, 9.17) is 0 Å². The van der Waals surface area contributed by atoms with E-state index in [2.05, 4.69) is 10.6 Å². The quantitative estimate of drug-likeness (QED) is 0.857. The lowest BCUT2D eigenvalue weighted by Crippen LogP contribution is -2.61. The van der Waals surface area contributed by atoms with Gasteiger partial charge in [-0.3, -0.25) is 9.59 Å². The molecule has 0 aliphatic carbocycles. The molecule has 2 heterocycles. The molecule has 2 fully saturated rings. The van der Waals surface area contributed by atoms with Gasteiger partial charge in [0.15, 0.2) is 0 Å². The van der Waals surface area contributed by atoms with Crippen molar-refractivity contribution in [3.63, 3.8) is 0 Å². The number of nitrogens with one attached hydrogen (secondary N) is 2. The second-order valence-corrected chi connectivity index (χ2v) is 6.30. The Labute approximate surface area is 135 Å². The molecule has 1 aromatic carbocycles. The van der Waals surface area contributed by atoms with Crippen molar-refractivity contribution in [1.29, 1.82) is 0 Å². The number of hydrogen-bond acceptors (Lipinski definition) is 3. The van der Waals surface area contributed by atoms with Gasteiger partial charge in [0.25, 0.3) is 0 Å². The van der Waals surface area contributed by atoms with E-state index >= 15 is 0 Å². The highest BCUT2D eigenvalue weighted by molar-refractivity contribution is 5.97. The normalized spacial score (nSPS) is 27.0. The van der Waals surface area contributed by atoms with Crippen LogP contribution in [0, 0.1) is 5.82 Å². The summed E-state index contributed by atoms with van der Waals surface area (Å²) in [7, 11) is 0. The molecule has 0 unspecified atom stereocenters. The Kier molecular flexibility index (Phi) is 4.61. The van der Waals surface area contributed by atoms with Crippen LogP contribution in [0.3, 0.4) is 0 Å². The summed E-state index contributed by atoms with van der Waals surface area (Å²) >= 11 is 0. The first-order valence-corrected chi connectivity index (χ1v) is 8.17.